The number of Topliss-reactive ketones (excluding diaryl/α,β-unsaturated/α-hetero) is 1. The van der Waals surface area contributed by atoms with E-state index in [4.69, 9.17) is 16.3 Å². The van der Waals surface area contributed by atoms with Crippen molar-refractivity contribution in [3.05, 3.63) is 57.9 Å². The summed E-state index contributed by atoms with van der Waals surface area (Å²) in [7, 11) is 1.47. The topological polar surface area (TPSA) is 87.1 Å². The van der Waals surface area contributed by atoms with E-state index in [-0.39, 0.29) is 42.1 Å². The molecular weight excluding hydrogens is 425 g/mol. The van der Waals surface area contributed by atoms with E-state index in [9.17, 15) is 24.2 Å². The van der Waals surface area contributed by atoms with Gasteiger partial charge in [0.25, 0.3) is 0 Å². The van der Waals surface area contributed by atoms with Crippen molar-refractivity contribution in [3.63, 3.8) is 0 Å². The van der Waals surface area contributed by atoms with Crippen LogP contribution in [-0.4, -0.2) is 48.3 Å². The van der Waals surface area contributed by atoms with E-state index < -0.39 is 23.5 Å². The summed E-state index contributed by atoms with van der Waals surface area (Å²) in [6.45, 7) is 3.59. The number of anilines is 1. The van der Waals surface area contributed by atoms with E-state index in [1.807, 2.05) is 13.8 Å². The van der Waals surface area contributed by atoms with Crippen LogP contribution in [0.15, 0.2) is 30.3 Å². The summed E-state index contributed by atoms with van der Waals surface area (Å²) in [5.74, 6) is -3.12. The zero-order chi connectivity index (χ0) is 22.9. The van der Waals surface area contributed by atoms with Gasteiger partial charge in [-0.15, -0.1) is 0 Å². The molecule has 2 unspecified atom stereocenters. The molecule has 0 amide bonds. The van der Waals surface area contributed by atoms with Crippen molar-refractivity contribution in [2.75, 3.05) is 25.2 Å². The van der Waals surface area contributed by atoms with Crippen molar-refractivity contribution in [3.8, 4) is 5.75 Å². The van der Waals surface area contributed by atoms with Gasteiger partial charge in [0.2, 0.25) is 0 Å². The predicted octanol–water partition coefficient (Wildman–Crippen LogP) is 3.80. The summed E-state index contributed by atoms with van der Waals surface area (Å²) >= 11 is 5.89. The maximum Gasteiger partial charge on any atom is 0.316 e. The molecule has 0 aliphatic carbocycles. The van der Waals surface area contributed by atoms with Crippen LogP contribution >= 0.6 is 11.6 Å². The molecule has 0 aromatic heterocycles. The predicted molar refractivity (Wildman–Crippen MR) is 116 cm³/mol. The van der Waals surface area contributed by atoms with Crippen molar-refractivity contribution < 1.29 is 28.9 Å². The monoisotopic (exact) mass is 449 g/mol. The number of ketones is 1. The first-order valence-corrected chi connectivity index (χ1v) is 10.4. The highest BCUT2D eigenvalue weighted by molar-refractivity contribution is 6.30. The fourth-order valence-corrected chi connectivity index (χ4v) is 4.20. The smallest absolute Gasteiger partial charge is 0.316 e. The number of hydrogen-bond donors (Lipinski definition) is 2. The molecule has 0 spiro atoms. The second-order valence-electron chi connectivity index (χ2n) is 7.97. The summed E-state index contributed by atoms with van der Waals surface area (Å²) in [6, 6.07) is 7.52. The average molecular weight is 450 g/mol. The van der Waals surface area contributed by atoms with Gasteiger partial charge in [-0.05, 0) is 29.2 Å². The number of aliphatic carboxylic acids is 1. The number of rotatable bonds is 7. The Labute approximate surface area is 185 Å². The third-order valence-corrected chi connectivity index (χ3v) is 6.03. The van der Waals surface area contributed by atoms with Crippen LogP contribution in [0.4, 0.5) is 10.1 Å². The number of ether oxygens (including phenoxy) is 1. The lowest BCUT2D eigenvalue weighted by Gasteiger charge is -2.41. The first kappa shape index (κ1) is 23.0. The van der Waals surface area contributed by atoms with Gasteiger partial charge in [-0.1, -0.05) is 37.6 Å². The molecule has 2 atom stereocenters. The quantitative estimate of drug-likeness (QED) is 0.625. The largest absolute Gasteiger partial charge is 0.496 e. The Hall–Kier alpha value is -2.64. The van der Waals surface area contributed by atoms with Crippen LogP contribution in [0.1, 0.15) is 35.3 Å². The highest BCUT2D eigenvalue weighted by Gasteiger charge is 2.40. The number of benzene rings is 2. The molecule has 6 nitrogen and oxygen atoms in total. The second kappa shape index (κ2) is 9.24. The highest BCUT2D eigenvalue weighted by atomic mass is 35.5. The normalized spacial score (nSPS) is 16.9. The molecule has 2 N–H and O–H groups in total. The van der Waals surface area contributed by atoms with Crippen molar-refractivity contribution in [2.24, 2.45) is 11.8 Å². The van der Waals surface area contributed by atoms with Gasteiger partial charge in [0.15, 0.2) is 5.78 Å². The molecule has 1 heterocycles. The number of hydrogen-bond acceptors (Lipinski definition) is 5. The standard InChI is InChI=1S/C23H25ClFNO5/c1-12(2)19(11-27)26-10-16(23(29)30)22(28)15-8-14(20(31-3)9-18(15)26)7-13-5-4-6-17(24)21(13)25/h4-6,8-9,12,16,19,27H,7,10-11H2,1-3H3,(H,29,30). The minimum absolute atomic E-state index is 0.00623. The lowest BCUT2D eigenvalue weighted by atomic mass is 9.86. The molecule has 2 aromatic carbocycles. The lowest BCUT2D eigenvalue weighted by Crippen LogP contribution is -2.50. The summed E-state index contributed by atoms with van der Waals surface area (Å²) in [5.41, 5.74) is 1.58. The molecular formula is C23H25ClFNO5. The zero-order valence-corrected chi connectivity index (χ0v) is 18.3. The first-order valence-electron chi connectivity index (χ1n) is 9.97. The van der Waals surface area contributed by atoms with Gasteiger partial charge in [0.05, 0.1) is 30.5 Å². The number of nitrogens with zero attached hydrogens (tertiary/aromatic N) is 1. The van der Waals surface area contributed by atoms with Crippen LogP contribution in [0.5, 0.6) is 5.75 Å². The molecule has 0 radical (unpaired) electrons. The van der Waals surface area contributed by atoms with Gasteiger partial charge < -0.3 is 19.8 Å². The second-order valence-corrected chi connectivity index (χ2v) is 8.38. The lowest BCUT2D eigenvalue weighted by molar-refractivity contribution is -0.139. The molecule has 0 fully saturated rings. The van der Waals surface area contributed by atoms with Crippen LogP contribution in [0.2, 0.25) is 5.02 Å². The van der Waals surface area contributed by atoms with Gasteiger partial charge >= 0.3 is 5.97 Å². The number of methoxy groups -OCH3 is 1. The Bertz CT molecular complexity index is 1010. The third-order valence-electron chi connectivity index (χ3n) is 5.74. The molecule has 31 heavy (non-hydrogen) atoms. The number of aliphatic hydroxyl groups excluding tert-OH is 1. The molecule has 1 aliphatic heterocycles. The van der Waals surface area contributed by atoms with Crippen LogP contribution in [0, 0.1) is 17.7 Å². The van der Waals surface area contributed by atoms with Gasteiger partial charge in [-0.3, -0.25) is 9.59 Å². The number of carbonyl (C=O) groups excluding carboxylic acids is 1. The number of carboxylic acids is 1. The zero-order valence-electron chi connectivity index (χ0n) is 17.6. The number of carbonyl (C=O) groups is 2. The Morgan fingerprint density at radius 2 is 2.03 bits per heavy atom. The SMILES string of the molecule is COc1cc2c(cc1Cc1cccc(Cl)c1F)C(=O)C(C(=O)O)CN2C(CO)C(C)C. The minimum Gasteiger partial charge on any atom is -0.496 e. The molecule has 0 saturated heterocycles. The van der Waals surface area contributed by atoms with Gasteiger partial charge in [0.1, 0.15) is 17.5 Å². The molecule has 3 rings (SSSR count). The maximum atomic E-state index is 14.5. The van der Waals surface area contributed by atoms with Crippen LogP contribution in [-0.2, 0) is 11.2 Å². The third kappa shape index (κ3) is 4.38. The number of carboxylic acid groups (broad SMARTS) is 1. The summed E-state index contributed by atoms with van der Waals surface area (Å²) in [6.07, 6.45) is 0.113. The van der Waals surface area contributed by atoms with Crippen molar-refractivity contribution in [1.29, 1.82) is 0 Å². The number of halogens is 2. The Kier molecular flexibility index (Phi) is 6.86. The van der Waals surface area contributed by atoms with E-state index in [0.717, 1.165) is 0 Å². The molecule has 1 aliphatic rings. The summed E-state index contributed by atoms with van der Waals surface area (Å²) in [4.78, 5) is 26.5. The molecule has 2 aromatic rings. The molecule has 0 saturated carbocycles. The van der Waals surface area contributed by atoms with Crippen molar-refractivity contribution in [1.82, 2.24) is 0 Å². The van der Waals surface area contributed by atoms with E-state index >= 15 is 0 Å². The van der Waals surface area contributed by atoms with Crippen molar-refractivity contribution >= 4 is 29.0 Å². The fourth-order valence-electron chi connectivity index (χ4n) is 4.01. The van der Waals surface area contributed by atoms with E-state index in [0.29, 0.717) is 22.6 Å². The Morgan fingerprint density at radius 1 is 1.32 bits per heavy atom. The fraction of sp³-hybridized carbons (Fsp3) is 0.391. The minimum atomic E-state index is -1.26. The number of aliphatic hydroxyl groups is 1. The van der Waals surface area contributed by atoms with Gasteiger partial charge in [-0.2, -0.15) is 0 Å². The number of fused-ring (bicyclic) bond motifs is 1. The Balaban J connectivity index is 2.15. The van der Waals surface area contributed by atoms with Crippen LogP contribution in [0.25, 0.3) is 0 Å². The van der Waals surface area contributed by atoms with Gasteiger partial charge in [0, 0.05) is 24.6 Å². The average Bonchev–Trinajstić information content (AvgIpc) is 2.72. The van der Waals surface area contributed by atoms with E-state index in [1.165, 1.54) is 13.2 Å². The van der Waals surface area contributed by atoms with E-state index in [1.54, 1.807) is 29.2 Å². The Morgan fingerprint density at radius 3 is 2.61 bits per heavy atom. The van der Waals surface area contributed by atoms with Crippen LogP contribution in [0.3, 0.4) is 0 Å². The summed E-state index contributed by atoms with van der Waals surface area (Å²) < 4.78 is 20.0. The van der Waals surface area contributed by atoms with Crippen molar-refractivity contribution in [2.45, 2.75) is 26.3 Å². The van der Waals surface area contributed by atoms with Crippen LogP contribution < -0.4 is 9.64 Å². The maximum absolute atomic E-state index is 14.5. The summed E-state index contributed by atoms with van der Waals surface area (Å²) in [5, 5.41) is 19.5. The van der Waals surface area contributed by atoms with Gasteiger partial charge in [-0.25, -0.2) is 4.39 Å². The first-order chi connectivity index (χ1) is 14.7. The molecule has 0 bridgehead atoms. The molecule has 8 heteroatoms. The highest BCUT2D eigenvalue weighted by Crippen LogP contribution is 2.38. The molecule has 166 valence electrons. The van der Waals surface area contributed by atoms with E-state index in [2.05, 4.69) is 0 Å².